The number of hydrogen-bond acceptors (Lipinski definition) is 8. The largest absolute Gasteiger partial charge is 0.497 e. The summed E-state index contributed by atoms with van der Waals surface area (Å²) >= 11 is 0. The lowest BCUT2D eigenvalue weighted by atomic mass is 9.98. The Balaban J connectivity index is 1.59. The molecule has 0 radical (unpaired) electrons. The van der Waals surface area contributed by atoms with E-state index in [0.29, 0.717) is 53.4 Å². The summed E-state index contributed by atoms with van der Waals surface area (Å²) in [6, 6.07) is 17.7. The molecule has 0 fully saturated rings. The average molecular weight is 504 g/mol. The van der Waals surface area contributed by atoms with E-state index in [-0.39, 0.29) is 18.2 Å². The fourth-order valence-corrected chi connectivity index (χ4v) is 3.97. The number of benzene rings is 3. The van der Waals surface area contributed by atoms with Crippen LogP contribution in [0.2, 0.25) is 0 Å². The first kappa shape index (κ1) is 25.4. The molecule has 0 bridgehead atoms. The standard InChI is InChI=1S/C27H25N3O7/c1-3-36-26-14-18(16-31)4-13-25(26)37-17-27(32)29-24(20-7-11-22(35-2)12-8-20)15-23(28-29)19-5-9-21(10-6-19)30(33)34/h4-14,16,24H,3,15,17H2,1-2H3. The molecule has 0 saturated carbocycles. The van der Waals surface area contributed by atoms with E-state index in [1.165, 1.54) is 17.1 Å². The SMILES string of the molecule is CCOc1cc(C=O)ccc1OCC(=O)N1N=C(c2ccc([N+](=O)[O-])cc2)CC1c1ccc(OC)cc1. The van der Waals surface area contributed by atoms with E-state index < -0.39 is 11.0 Å². The van der Waals surface area contributed by atoms with Crippen molar-refractivity contribution in [3.05, 3.63) is 93.5 Å². The molecule has 1 heterocycles. The van der Waals surface area contributed by atoms with Crippen molar-refractivity contribution in [3.63, 3.8) is 0 Å². The Bertz CT molecular complexity index is 1320. The molecule has 0 saturated heterocycles. The van der Waals surface area contributed by atoms with Crippen LogP contribution in [-0.2, 0) is 4.79 Å². The Morgan fingerprint density at radius 3 is 2.43 bits per heavy atom. The van der Waals surface area contributed by atoms with Gasteiger partial charge in [0, 0.05) is 24.1 Å². The number of non-ortho nitro benzene ring substituents is 1. The van der Waals surface area contributed by atoms with Crippen LogP contribution in [0.3, 0.4) is 0 Å². The van der Waals surface area contributed by atoms with Crippen LogP contribution < -0.4 is 14.2 Å². The second-order valence-corrected chi connectivity index (χ2v) is 8.13. The number of aldehydes is 1. The molecule has 1 amide bonds. The number of nitrogens with zero attached hydrogens (tertiary/aromatic N) is 3. The van der Waals surface area contributed by atoms with E-state index in [4.69, 9.17) is 14.2 Å². The number of methoxy groups -OCH3 is 1. The van der Waals surface area contributed by atoms with Crippen LogP contribution in [0.5, 0.6) is 17.2 Å². The van der Waals surface area contributed by atoms with Gasteiger partial charge in [-0.15, -0.1) is 0 Å². The Labute approximate surface area is 213 Å². The third-order valence-electron chi connectivity index (χ3n) is 5.83. The molecule has 4 rings (SSSR count). The molecular weight excluding hydrogens is 478 g/mol. The molecule has 1 atom stereocenters. The van der Waals surface area contributed by atoms with Crippen molar-refractivity contribution in [3.8, 4) is 17.2 Å². The van der Waals surface area contributed by atoms with Crippen LogP contribution in [0.1, 0.15) is 40.9 Å². The van der Waals surface area contributed by atoms with E-state index in [1.807, 2.05) is 12.1 Å². The Kier molecular flexibility index (Phi) is 7.77. The minimum Gasteiger partial charge on any atom is -0.497 e. The Hall–Kier alpha value is -4.73. The number of hydrogen-bond donors (Lipinski definition) is 0. The first-order chi connectivity index (χ1) is 17.9. The van der Waals surface area contributed by atoms with E-state index in [1.54, 1.807) is 56.5 Å². The third-order valence-corrected chi connectivity index (χ3v) is 5.83. The summed E-state index contributed by atoms with van der Waals surface area (Å²) in [4.78, 5) is 35.0. The maximum absolute atomic E-state index is 13.3. The molecule has 190 valence electrons. The lowest BCUT2D eigenvalue weighted by molar-refractivity contribution is -0.384. The molecule has 10 nitrogen and oxygen atoms in total. The van der Waals surface area contributed by atoms with Crippen LogP contribution in [-0.4, -0.2) is 48.2 Å². The van der Waals surface area contributed by atoms with Crippen molar-refractivity contribution in [1.82, 2.24) is 5.01 Å². The average Bonchev–Trinajstić information content (AvgIpc) is 3.38. The zero-order valence-electron chi connectivity index (χ0n) is 20.3. The molecule has 3 aromatic carbocycles. The molecule has 3 aromatic rings. The summed E-state index contributed by atoms with van der Waals surface area (Å²) in [5, 5.41) is 17.0. The summed E-state index contributed by atoms with van der Waals surface area (Å²) in [6.45, 7) is 1.85. The van der Waals surface area contributed by atoms with Crippen LogP contribution >= 0.6 is 0 Å². The molecule has 1 aliphatic rings. The summed E-state index contributed by atoms with van der Waals surface area (Å²) < 4.78 is 16.6. The Morgan fingerprint density at radius 2 is 1.81 bits per heavy atom. The van der Waals surface area contributed by atoms with E-state index >= 15 is 0 Å². The van der Waals surface area contributed by atoms with Gasteiger partial charge in [0.25, 0.3) is 11.6 Å². The number of hydrazone groups is 1. The predicted octanol–water partition coefficient (Wildman–Crippen LogP) is 4.57. The molecule has 0 aliphatic carbocycles. The summed E-state index contributed by atoms with van der Waals surface area (Å²) in [6.07, 6.45) is 1.11. The van der Waals surface area contributed by atoms with Gasteiger partial charge in [0.2, 0.25) is 0 Å². The molecule has 0 spiro atoms. The highest BCUT2D eigenvalue weighted by Crippen LogP contribution is 2.34. The van der Waals surface area contributed by atoms with Gasteiger partial charge in [-0.3, -0.25) is 19.7 Å². The molecule has 1 aliphatic heterocycles. The Morgan fingerprint density at radius 1 is 1.08 bits per heavy atom. The van der Waals surface area contributed by atoms with E-state index in [9.17, 15) is 19.7 Å². The van der Waals surface area contributed by atoms with Gasteiger partial charge in [-0.1, -0.05) is 12.1 Å². The molecule has 10 heteroatoms. The van der Waals surface area contributed by atoms with Crippen LogP contribution in [0.25, 0.3) is 0 Å². The fourth-order valence-electron chi connectivity index (χ4n) is 3.97. The predicted molar refractivity (Wildman–Crippen MR) is 135 cm³/mol. The van der Waals surface area contributed by atoms with Crippen LogP contribution in [0, 0.1) is 10.1 Å². The van der Waals surface area contributed by atoms with Gasteiger partial charge in [0.05, 0.1) is 30.4 Å². The molecule has 1 unspecified atom stereocenters. The highest BCUT2D eigenvalue weighted by Gasteiger charge is 2.33. The maximum Gasteiger partial charge on any atom is 0.281 e. The van der Waals surface area contributed by atoms with Crippen LogP contribution in [0.15, 0.2) is 71.8 Å². The molecular formula is C27H25N3O7. The van der Waals surface area contributed by atoms with Gasteiger partial charge >= 0.3 is 0 Å². The van der Waals surface area contributed by atoms with Crippen molar-refractivity contribution >= 4 is 23.6 Å². The zero-order chi connectivity index (χ0) is 26.4. The van der Waals surface area contributed by atoms with Crippen molar-refractivity contribution < 1.29 is 28.7 Å². The fraction of sp³-hybridized carbons (Fsp3) is 0.222. The van der Waals surface area contributed by atoms with E-state index in [2.05, 4.69) is 5.10 Å². The number of carbonyl (C=O) groups is 2. The minimum atomic E-state index is -0.467. The van der Waals surface area contributed by atoms with E-state index in [0.717, 1.165) is 5.56 Å². The highest BCUT2D eigenvalue weighted by molar-refractivity contribution is 6.03. The summed E-state index contributed by atoms with van der Waals surface area (Å²) in [5.41, 5.74) is 2.55. The van der Waals surface area contributed by atoms with Gasteiger partial charge in [0.1, 0.15) is 12.0 Å². The number of nitro benzene ring substituents is 1. The smallest absolute Gasteiger partial charge is 0.281 e. The number of ether oxygens (including phenoxy) is 3. The molecule has 37 heavy (non-hydrogen) atoms. The highest BCUT2D eigenvalue weighted by atomic mass is 16.6. The number of rotatable bonds is 10. The first-order valence-electron chi connectivity index (χ1n) is 11.6. The van der Waals surface area contributed by atoms with Gasteiger partial charge in [-0.25, -0.2) is 5.01 Å². The monoisotopic (exact) mass is 503 g/mol. The minimum absolute atomic E-state index is 0.0268. The number of carbonyl (C=O) groups excluding carboxylic acids is 2. The lowest BCUT2D eigenvalue weighted by Crippen LogP contribution is -2.31. The number of nitro groups is 1. The molecule has 0 N–H and O–H groups in total. The number of amides is 1. The maximum atomic E-state index is 13.3. The van der Waals surface area contributed by atoms with Crippen molar-refractivity contribution in [1.29, 1.82) is 0 Å². The van der Waals surface area contributed by atoms with Gasteiger partial charge in [0.15, 0.2) is 18.1 Å². The second-order valence-electron chi connectivity index (χ2n) is 8.13. The van der Waals surface area contributed by atoms with Crippen molar-refractivity contribution in [2.24, 2.45) is 5.10 Å². The summed E-state index contributed by atoms with van der Waals surface area (Å²) in [5.74, 6) is 0.991. The van der Waals surface area contributed by atoms with Gasteiger partial charge < -0.3 is 14.2 Å². The summed E-state index contributed by atoms with van der Waals surface area (Å²) in [7, 11) is 1.58. The van der Waals surface area contributed by atoms with Gasteiger partial charge in [-0.05, 0) is 60.5 Å². The normalized spacial score (nSPS) is 14.6. The topological polar surface area (TPSA) is 121 Å². The van der Waals surface area contributed by atoms with Gasteiger partial charge in [-0.2, -0.15) is 5.10 Å². The first-order valence-corrected chi connectivity index (χ1v) is 11.6. The zero-order valence-corrected chi connectivity index (χ0v) is 20.3. The second kappa shape index (κ2) is 11.3. The van der Waals surface area contributed by atoms with Crippen LogP contribution in [0.4, 0.5) is 5.69 Å². The van der Waals surface area contributed by atoms with Crippen molar-refractivity contribution in [2.45, 2.75) is 19.4 Å². The quantitative estimate of drug-likeness (QED) is 0.226. The third kappa shape index (κ3) is 5.75. The lowest BCUT2D eigenvalue weighted by Gasteiger charge is -2.22. The molecule has 0 aromatic heterocycles. The van der Waals surface area contributed by atoms with Crippen molar-refractivity contribution in [2.75, 3.05) is 20.3 Å².